The van der Waals surface area contributed by atoms with Crippen molar-refractivity contribution in [3.8, 4) is 0 Å². The van der Waals surface area contributed by atoms with Crippen molar-refractivity contribution in [3.63, 3.8) is 0 Å². The second-order valence-electron chi connectivity index (χ2n) is 17.9. The first-order valence-corrected chi connectivity index (χ1v) is 23.3. The van der Waals surface area contributed by atoms with Crippen molar-refractivity contribution in [2.24, 2.45) is 23.7 Å². The van der Waals surface area contributed by atoms with Gasteiger partial charge in [0.15, 0.2) is 0 Å². The summed E-state index contributed by atoms with van der Waals surface area (Å²) < 4.78 is 6.13. The highest BCUT2D eigenvalue weighted by Crippen LogP contribution is 2.69. The average molecular weight is 688 g/mol. The molecule has 0 radical (unpaired) electrons. The van der Waals surface area contributed by atoms with Crippen LogP contribution in [0.25, 0.3) is 0 Å². The third-order valence-electron chi connectivity index (χ3n) is 13.5. The third-order valence-corrected chi connectivity index (χ3v) is 19.3. The Hall–Kier alpha value is -2.62. The monoisotopic (exact) mass is 687 g/mol. The molecule has 3 heteroatoms. The zero-order chi connectivity index (χ0) is 35.0. The summed E-state index contributed by atoms with van der Waals surface area (Å²) in [7, 11) is 0.336. The molecule has 1 aliphatic heterocycles. The summed E-state index contributed by atoms with van der Waals surface area (Å²) in [6.07, 6.45) is 29.8. The van der Waals surface area contributed by atoms with E-state index in [1.165, 1.54) is 75.1 Å². The Bertz CT molecular complexity index is 1630. The zero-order valence-electron chi connectivity index (χ0n) is 32.3. The van der Waals surface area contributed by atoms with Gasteiger partial charge < -0.3 is 9.64 Å². The lowest BCUT2D eigenvalue weighted by atomic mass is 9.81. The first-order valence-electron chi connectivity index (χ1n) is 20.4. The number of ether oxygens (including phenoxy) is 1. The minimum atomic E-state index is -2.05. The van der Waals surface area contributed by atoms with E-state index in [4.69, 9.17) is 4.74 Å². The van der Waals surface area contributed by atoms with Crippen LogP contribution in [0, 0.1) is 30.6 Å². The van der Waals surface area contributed by atoms with Gasteiger partial charge in [-0.25, -0.2) is 0 Å². The predicted molar refractivity (Wildman–Crippen MR) is 217 cm³/mol. The molecule has 268 valence electrons. The summed E-state index contributed by atoms with van der Waals surface area (Å²) in [4.78, 5) is 2.66. The van der Waals surface area contributed by atoms with Gasteiger partial charge in [0.25, 0.3) is 0 Å². The van der Waals surface area contributed by atoms with Crippen LogP contribution < -0.4 is 4.90 Å². The van der Waals surface area contributed by atoms with E-state index < -0.39 is 8.07 Å². The minimum absolute atomic E-state index is 0.0463. The lowest BCUT2D eigenvalue weighted by Gasteiger charge is -2.47. The third kappa shape index (κ3) is 6.71. The summed E-state index contributed by atoms with van der Waals surface area (Å²) in [6.45, 7) is 15.0. The van der Waals surface area contributed by atoms with E-state index in [1.54, 1.807) is 22.3 Å². The molecule has 1 heterocycles. The number of unbranched alkanes of at least 4 members (excludes halogenated alkanes) is 6. The molecule has 1 saturated carbocycles. The second-order valence-corrected chi connectivity index (χ2v) is 22.7. The highest BCUT2D eigenvalue weighted by atomic mass is 28.3. The number of fused-ring (bicyclic) bond motifs is 8. The van der Waals surface area contributed by atoms with Gasteiger partial charge in [-0.2, -0.15) is 0 Å². The number of rotatable bonds is 14. The van der Waals surface area contributed by atoms with Gasteiger partial charge in [0.1, 0.15) is 0 Å². The summed E-state index contributed by atoms with van der Waals surface area (Å²) >= 11 is 0. The SMILES string of the molecule is CCCCCCC1=CC2C(C=C1)C1C=CC=CC1C2[Si](C)(CCCCCCOC(C)(C)C)C1c2ccccc2C2C1c1cc(C)ccc1N2C. The Balaban J connectivity index is 1.28. The number of anilines is 1. The number of allylic oxidation sites excluding steroid dienone is 8. The van der Waals surface area contributed by atoms with Crippen molar-refractivity contribution >= 4 is 13.8 Å². The Morgan fingerprint density at radius 1 is 0.780 bits per heavy atom. The van der Waals surface area contributed by atoms with Gasteiger partial charge in [-0.05, 0) is 104 Å². The molecule has 50 heavy (non-hydrogen) atoms. The molecule has 5 aliphatic rings. The maximum absolute atomic E-state index is 6.13. The fourth-order valence-electron chi connectivity index (χ4n) is 11.4. The number of hydrogen-bond donors (Lipinski definition) is 0. The van der Waals surface area contributed by atoms with Crippen molar-refractivity contribution in [2.75, 3.05) is 18.6 Å². The van der Waals surface area contributed by atoms with E-state index in [-0.39, 0.29) is 5.60 Å². The van der Waals surface area contributed by atoms with E-state index >= 15 is 0 Å². The smallest absolute Gasteiger partial charge is 0.0634 e. The number of likely N-dealkylation sites (N-methyl/N-ethyl adjacent to an activating group) is 1. The topological polar surface area (TPSA) is 12.5 Å². The summed E-state index contributed by atoms with van der Waals surface area (Å²) in [5, 5.41) is 0. The van der Waals surface area contributed by atoms with Crippen LogP contribution in [-0.4, -0.2) is 27.3 Å². The summed E-state index contributed by atoms with van der Waals surface area (Å²) in [6, 6.07) is 18.9. The summed E-state index contributed by atoms with van der Waals surface area (Å²) in [5.41, 5.74) is 10.7. The van der Waals surface area contributed by atoms with Gasteiger partial charge in [0, 0.05) is 25.3 Å². The van der Waals surface area contributed by atoms with Gasteiger partial charge in [-0.3, -0.25) is 0 Å². The van der Waals surface area contributed by atoms with Crippen LogP contribution in [-0.2, 0) is 4.74 Å². The van der Waals surface area contributed by atoms with Gasteiger partial charge in [-0.15, -0.1) is 0 Å². The molecule has 9 unspecified atom stereocenters. The quantitative estimate of drug-likeness (QED) is 0.145. The lowest BCUT2D eigenvalue weighted by Crippen LogP contribution is -2.48. The van der Waals surface area contributed by atoms with Crippen LogP contribution in [0.5, 0.6) is 0 Å². The lowest BCUT2D eigenvalue weighted by molar-refractivity contribution is -0.00471. The molecule has 7 rings (SSSR count). The molecule has 0 saturated heterocycles. The fourth-order valence-corrected chi connectivity index (χ4v) is 18.1. The standard InChI is InChI=1S/C47H65NOSi/c1-8-9-10-13-20-34-26-27-36-35-21-14-16-23-38(35)45(40(36)32-34)50(7,30-19-12-11-18-29-49-47(3,4)5)46-39-24-17-15-22-37(39)44-43(46)41-31-33(2)25-28-42(41)48(44)6/h14-17,21-28,31-32,35-36,38,40,43-46H,8-13,18-20,29-30H2,1-7H3. The first-order chi connectivity index (χ1) is 24.1. The predicted octanol–water partition coefficient (Wildman–Crippen LogP) is 12.8. The van der Waals surface area contributed by atoms with Crippen molar-refractivity contribution in [1.29, 1.82) is 0 Å². The minimum Gasteiger partial charge on any atom is -0.376 e. The number of nitrogens with zero attached hydrogens (tertiary/aromatic N) is 1. The molecule has 0 amide bonds. The normalized spacial score (nSPS) is 30.1. The zero-order valence-corrected chi connectivity index (χ0v) is 33.3. The van der Waals surface area contributed by atoms with Crippen molar-refractivity contribution in [1.82, 2.24) is 0 Å². The van der Waals surface area contributed by atoms with Crippen molar-refractivity contribution < 1.29 is 4.74 Å². The fraction of sp³-hybridized carbons (Fsp3) is 0.574. The average Bonchev–Trinajstić information content (AvgIpc) is 3.71. The molecule has 0 spiro atoms. The number of aryl methyl sites for hydroxylation is 1. The maximum atomic E-state index is 6.13. The summed E-state index contributed by atoms with van der Waals surface area (Å²) in [5.74, 6) is 3.07. The molecule has 0 aromatic heterocycles. The van der Waals surface area contributed by atoms with E-state index in [0.29, 0.717) is 41.2 Å². The van der Waals surface area contributed by atoms with Gasteiger partial charge >= 0.3 is 0 Å². The highest BCUT2D eigenvalue weighted by molar-refractivity contribution is 6.82. The van der Waals surface area contributed by atoms with Crippen LogP contribution in [0.1, 0.15) is 125 Å². The molecule has 2 aromatic carbocycles. The van der Waals surface area contributed by atoms with E-state index in [0.717, 1.165) is 12.1 Å². The molecule has 0 bridgehead atoms. The Labute approximate surface area is 306 Å². The van der Waals surface area contributed by atoms with Crippen LogP contribution >= 0.6 is 0 Å². The van der Waals surface area contributed by atoms with Gasteiger partial charge in [0.2, 0.25) is 0 Å². The maximum Gasteiger partial charge on any atom is 0.0634 e. The highest BCUT2D eigenvalue weighted by Gasteiger charge is 2.62. The molecule has 2 nitrogen and oxygen atoms in total. The van der Waals surface area contributed by atoms with Crippen LogP contribution in [0.2, 0.25) is 18.1 Å². The van der Waals surface area contributed by atoms with Crippen molar-refractivity contribution in [2.45, 2.75) is 134 Å². The van der Waals surface area contributed by atoms with Crippen molar-refractivity contribution in [3.05, 3.63) is 113 Å². The number of hydrogen-bond acceptors (Lipinski definition) is 2. The van der Waals surface area contributed by atoms with Gasteiger partial charge in [-0.1, -0.05) is 148 Å². The molecular weight excluding hydrogens is 623 g/mol. The van der Waals surface area contributed by atoms with Crippen LogP contribution in [0.3, 0.4) is 0 Å². The van der Waals surface area contributed by atoms with Crippen LogP contribution in [0.4, 0.5) is 5.69 Å². The Morgan fingerprint density at radius 2 is 1.50 bits per heavy atom. The van der Waals surface area contributed by atoms with Gasteiger partial charge in [0.05, 0.1) is 19.7 Å². The van der Waals surface area contributed by atoms with E-state index in [9.17, 15) is 0 Å². The molecule has 4 aliphatic carbocycles. The molecule has 1 fully saturated rings. The first kappa shape index (κ1) is 35.8. The largest absolute Gasteiger partial charge is 0.376 e. The molecular formula is C47H65NOSi. The Morgan fingerprint density at radius 3 is 2.28 bits per heavy atom. The van der Waals surface area contributed by atoms with Crippen LogP contribution in [0.15, 0.2) is 90.6 Å². The van der Waals surface area contributed by atoms with E-state index in [1.807, 2.05) is 0 Å². The number of benzene rings is 2. The molecule has 9 atom stereocenters. The second kappa shape index (κ2) is 14.8. The van der Waals surface area contributed by atoms with E-state index in [2.05, 4.69) is 138 Å². The molecule has 2 aromatic rings. The molecule has 0 N–H and O–H groups in total. The Kier molecular flexibility index (Phi) is 10.6.